The molecule has 0 heterocycles. The maximum atomic E-state index is 13.1. The number of nitrogens with two attached hydrogens (primary N) is 2. The summed E-state index contributed by atoms with van der Waals surface area (Å²) in [7, 11) is 0. The second kappa shape index (κ2) is 14.0. The van der Waals surface area contributed by atoms with Gasteiger partial charge in [-0.15, -0.1) is 0 Å². The molecule has 0 saturated carbocycles. The highest BCUT2D eigenvalue weighted by atomic mass is 16.3. The number of carbonyl (C=O) groups is 2. The van der Waals surface area contributed by atoms with Crippen LogP contribution in [0, 0.1) is 0 Å². The third kappa shape index (κ3) is 8.52. The van der Waals surface area contributed by atoms with Gasteiger partial charge in [-0.05, 0) is 66.6 Å². The number of unbranched alkanes of at least 4 members (excludes halogenated alkanes) is 1. The minimum atomic E-state index is -0.885. The Kier molecular flexibility index (Phi) is 10.5. The van der Waals surface area contributed by atoms with Gasteiger partial charge in [-0.1, -0.05) is 66.7 Å². The Hall–Kier alpha value is -3.68. The van der Waals surface area contributed by atoms with E-state index in [2.05, 4.69) is 34.9 Å². The largest absolute Gasteiger partial charge is 0.508 e. The summed E-state index contributed by atoms with van der Waals surface area (Å²) >= 11 is 0. The lowest BCUT2D eigenvalue weighted by Crippen LogP contribution is -2.50. The van der Waals surface area contributed by atoms with Gasteiger partial charge in [0.25, 0.3) is 0 Å². The highest BCUT2D eigenvalue weighted by Crippen LogP contribution is 2.14. The number of aromatic hydroxyl groups is 1. The van der Waals surface area contributed by atoms with Crippen molar-refractivity contribution in [2.75, 3.05) is 13.1 Å². The Bertz CT molecular complexity index is 1090. The molecular weight excluding hydrogens is 452 g/mol. The molecule has 2 amide bonds. The van der Waals surface area contributed by atoms with Crippen LogP contribution in [0.25, 0.3) is 0 Å². The van der Waals surface area contributed by atoms with Crippen molar-refractivity contribution in [1.29, 1.82) is 0 Å². The van der Waals surface area contributed by atoms with Gasteiger partial charge in [-0.25, -0.2) is 0 Å². The average Bonchev–Trinajstić information content (AvgIpc) is 2.90. The smallest absolute Gasteiger partial charge is 0.242 e. The normalized spacial score (nSPS) is 12.5. The van der Waals surface area contributed by atoms with E-state index in [0.717, 1.165) is 30.4 Å². The molecule has 0 saturated heterocycles. The minimum absolute atomic E-state index is 0.139. The van der Waals surface area contributed by atoms with Gasteiger partial charge >= 0.3 is 0 Å². The first-order valence-electron chi connectivity index (χ1n) is 12.4. The SMILES string of the molecule is NCCCCc1ccc(CCNC(=O)[C@H](Cc2ccc(O)cc2)NC(=O)[C@H](N)c2ccccc2)cc1. The Labute approximate surface area is 212 Å². The van der Waals surface area contributed by atoms with E-state index < -0.39 is 18.0 Å². The molecular formula is C29H36N4O3. The van der Waals surface area contributed by atoms with Gasteiger partial charge in [0, 0.05) is 13.0 Å². The summed E-state index contributed by atoms with van der Waals surface area (Å²) in [5, 5.41) is 15.3. The summed E-state index contributed by atoms with van der Waals surface area (Å²) in [6, 6.07) is 22.3. The highest BCUT2D eigenvalue weighted by molar-refractivity contribution is 5.90. The van der Waals surface area contributed by atoms with Crippen LogP contribution in [0.3, 0.4) is 0 Å². The van der Waals surface area contributed by atoms with Crippen LogP contribution >= 0.6 is 0 Å². The fourth-order valence-electron chi connectivity index (χ4n) is 3.95. The van der Waals surface area contributed by atoms with Gasteiger partial charge in [0.1, 0.15) is 17.8 Å². The quantitative estimate of drug-likeness (QED) is 0.236. The van der Waals surface area contributed by atoms with Crippen molar-refractivity contribution < 1.29 is 14.7 Å². The van der Waals surface area contributed by atoms with Crippen molar-refractivity contribution in [3.8, 4) is 5.75 Å². The Balaban J connectivity index is 1.59. The van der Waals surface area contributed by atoms with E-state index in [1.807, 2.05) is 18.2 Å². The maximum absolute atomic E-state index is 13.1. The number of aryl methyl sites for hydroxylation is 1. The second-order valence-corrected chi connectivity index (χ2v) is 8.92. The number of carbonyl (C=O) groups excluding carboxylic acids is 2. The molecule has 3 rings (SSSR count). The molecule has 7 heteroatoms. The molecule has 7 nitrogen and oxygen atoms in total. The molecule has 0 aliphatic heterocycles. The lowest BCUT2D eigenvalue weighted by Gasteiger charge is -2.21. The molecule has 0 aliphatic rings. The fourth-order valence-corrected chi connectivity index (χ4v) is 3.95. The number of nitrogens with one attached hydrogen (secondary N) is 2. The maximum Gasteiger partial charge on any atom is 0.242 e. The van der Waals surface area contributed by atoms with Crippen LogP contribution in [-0.4, -0.2) is 36.1 Å². The minimum Gasteiger partial charge on any atom is -0.508 e. The van der Waals surface area contributed by atoms with E-state index in [1.165, 1.54) is 5.56 Å². The number of phenols is 1. The van der Waals surface area contributed by atoms with E-state index in [4.69, 9.17) is 11.5 Å². The summed E-state index contributed by atoms with van der Waals surface area (Å²) in [6.45, 7) is 1.15. The van der Waals surface area contributed by atoms with Gasteiger partial charge in [0.05, 0.1) is 0 Å². The molecule has 0 unspecified atom stereocenters. The topological polar surface area (TPSA) is 130 Å². The standard InChI is InChI=1S/C29H36N4O3/c30-18-5-4-6-21-9-11-22(12-10-21)17-19-32-28(35)26(20-23-13-15-25(34)16-14-23)33-29(36)27(31)24-7-2-1-3-8-24/h1-3,7-16,26-27,34H,4-6,17-20,30-31H2,(H,32,35)(H,33,36)/t26-,27+/m0/s1. The van der Waals surface area contributed by atoms with Crippen molar-refractivity contribution in [3.63, 3.8) is 0 Å². The molecule has 190 valence electrons. The van der Waals surface area contributed by atoms with Crippen molar-refractivity contribution in [1.82, 2.24) is 10.6 Å². The third-order valence-electron chi connectivity index (χ3n) is 6.11. The second-order valence-electron chi connectivity index (χ2n) is 8.92. The zero-order chi connectivity index (χ0) is 25.8. The number of hydrogen-bond donors (Lipinski definition) is 5. The Morgan fingerprint density at radius 2 is 1.39 bits per heavy atom. The zero-order valence-corrected chi connectivity index (χ0v) is 20.5. The zero-order valence-electron chi connectivity index (χ0n) is 20.5. The molecule has 2 atom stereocenters. The number of phenolic OH excluding ortho intramolecular Hbond substituents is 1. The fraction of sp³-hybridized carbons (Fsp3) is 0.310. The predicted octanol–water partition coefficient (Wildman–Crippen LogP) is 2.76. The van der Waals surface area contributed by atoms with Crippen molar-refractivity contribution >= 4 is 11.8 Å². The molecule has 36 heavy (non-hydrogen) atoms. The van der Waals surface area contributed by atoms with Gasteiger partial charge in [0.2, 0.25) is 11.8 Å². The van der Waals surface area contributed by atoms with E-state index in [-0.39, 0.29) is 18.1 Å². The molecule has 0 aliphatic carbocycles. The lowest BCUT2D eigenvalue weighted by molar-refractivity contribution is -0.129. The lowest BCUT2D eigenvalue weighted by atomic mass is 10.0. The predicted molar refractivity (Wildman–Crippen MR) is 142 cm³/mol. The average molecular weight is 489 g/mol. The first-order valence-corrected chi connectivity index (χ1v) is 12.4. The Morgan fingerprint density at radius 3 is 2.03 bits per heavy atom. The highest BCUT2D eigenvalue weighted by Gasteiger charge is 2.24. The number of amides is 2. The first-order chi connectivity index (χ1) is 17.5. The monoisotopic (exact) mass is 488 g/mol. The first kappa shape index (κ1) is 26.9. The molecule has 7 N–H and O–H groups in total. The molecule has 0 aromatic heterocycles. The van der Waals surface area contributed by atoms with E-state index >= 15 is 0 Å². The van der Waals surface area contributed by atoms with Crippen molar-refractivity contribution in [2.45, 2.75) is 44.2 Å². The van der Waals surface area contributed by atoms with E-state index in [1.54, 1.807) is 36.4 Å². The van der Waals surface area contributed by atoms with Gasteiger partial charge in [-0.2, -0.15) is 0 Å². The van der Waals surface area contributed by atoms with Crippen molar-refractivity contribution in [2.24, 2.45) is 11.5 Å². The summed E-state index contributed by atoms with van der Waals surface area (Å²) in [5.41, 5.74) is 15.6. The van der Waals surface area contributed by atoms with Crippen LogP contribution in [0.1, 0.15) is 41.1 Å². The van der Waals surface area contributed by atoms with Crippen LogP contribution in [0.2, 0.25) is 0 Å². The van der Waals surface area contributed by atoms with Crippen LogP contribution in [0.5, 0.6) is 5.75 Å². The number of rotatable bonds is 13. The summed E-state index contributed by atoms with van der Waals surface area (Å²) in [5.74, 6) is -0.569. The van der Waals surface area contributed by atoms with E-state index in [9.17, 15) is 14.7 Å². The van der Waals surface area contributed by atoms with Gasteiger partial charge in [-0.3, -0.25) is 9.59 Å². The van der Waals surface area contributed by atoms with Gasteiger partial charge < -0.3 is 27.2 Å². The Morgan fingerprint density at radius 1 is 0.778 bits per heavy atom. The van der Waals surface area contributed by atoms with E-state index in [0.29, 0.717) is 25.1 Å². The van der Waals surface area contributed by atoms with Crippen LogP contribution in [0.4, 0.5) is 0 Å². The summed E-state index contributed by atoms with van der Waals surface area (Å²) in [6.07, 6.45) is 4.06. The van der Waals surface area contributed by atoms with Crippen LogP contribution in [-0.2, 0) is 28.9 Å². The molecule has 3 aromatic carbocycles. The van der Waals surface area contributed by atoms with Crippen LogP contribution < -0.4 is 22.1 Å². The van der Waals surface area contributed by atoms with Crippen molar-refractivity contribution in [3.05, 3.63) is 101 Å². The van der Waals surface area contributed by atoms with Gasteiger partial charge in [0.15, 0.2) is 0 Å². The molecule has 0 fully saturated rings. The summed E-state index contributed by atoms with van der Waals surface area (Å²) in [4.78, 5) is 25.9. The van der Waals surface area contributed by atoms with Crippen LogP contribution in [0.15, 0.2) is 78.9 Å². The number of hydrogen-bond acceptors (Lipinski definition) is 5. The summed E-state index contributed by atoms with van der Waals surface area (Å²) < 4.78 is 0. The number of benzene rings is 3. The third-order valence-corrected chi connectivity index (χ3v) is 6.11. The molecule has 0 radical (unpaired) electrons. The molecule has 0 bridgehead atoms. The molecule has 3 aromatic rings. The molecule has 0 spiro atoms.